The lowest BCUT2D eigenvalue weighted by Gasteiger charge is -2.46. The molecule has 1 saturated carbocycles. The van der Waals surface area contributed by atoms with Crippen LogP contribution in [0.2, 0.25) is 0 Å². The van der Waals surface area contributed by atoms with Gasteiger partial charge in [0.05, 0.1) is 0 Å². The van der Waals surface area contributed by atoms with Gasteiger partial charge in [0, 0.05) is 12.5 Å². The molecule has 1 N–H and O–H groups in total. The number of rotatable bonds is 3. The van der Waals surface area contributed by atoms with Gasteiger partial charge in [0.2, 0.25) is 0 Å². The van der Waals surface area contributed by atoms with Crippen LogP contribution >= 0.6 is 0 Å². The number of carboxylic acid groups (broad SMARTS) is 1. The number of hydrogen-bond donors (Lipinski definition) is 1. The molecule has 0 aromatic heterocycles. The molecule has 1 fully saturated rings. The second-order valence-electron chi connectivity index (χ2n) is 6.63. The smallest absolute Gasteiger partial charge is 0.331 e. The molecule has 0 saturated heterocycles. The number of carboxylic acids is 1. The van der Waals surface area contributed by atoms with E-state index >= 15 is 0 Å². The van der Waals surface area contributed by atoms with Crippen LogP contribution in [-0.2, 0) is 14.3 Å². The van der Waals surface area contributed by atoms with Gasteiger partial charge >= 0.3 is 11.9 Å². The Morgan fingerprint density at radius 1 is 1.33 bits per heavy atom. The predicted octanol–water partition coefficient (Wildman–Crippen LogP) is 3.48. The average Bonchev–Trinajstić information content (AvgIpc) is 2.41. The maximum atomic E-state index is 11.2. The van der Waals surface area contributed by atoms with E-state index in [0.29, 0.717) is 5.57 Å². The normalized spacial score (nSPS) is 32.3. The molecule has 3 unspecified atom stereocenters. The minimum atomic E-state index is -0.908. The Morgan fingerprint density at radius 3 is 2.52 bits per heavy atom. The number of aliphatic carboxylic acids is 1. The topological polar surface area (TPSA) is 63.6 Å². The Balaban J connectivity index is 2.27. The molecule has 21 heavy (non-hydrogen) atoms. The van der Waals surface area contributed by atoms with Crippen LogP contribution in [-0.4, -0.2) is 23.1 Å². The number of carbonyl (C=O) groups is 2. The van der Waals surface area contributed by atoms with Gasteiger partial charge < -0.3 is 9.84 Å². The molecule has 0 amide bonds. The third-order valence-corrected chi connectivity index (χ3v) is 5.22. The third kappa shape index (κ3) is 3.04. The first kappa shape index (κ1) is 15.8. The van der Waals surface area contributed by atoms with Crippen molar-refractivity contribution in [3.63, 3.8) is 0 Å². The van der Waals surface area contributed by atoms with E-state index in [-0.39, 0.29) is 23.4 Å². The molecule has 2 aliphatic rings. The van der Waals surface area contributed by atoms with Crippen molar-refractivity contribution in [3.05, 3.63) is 23.3 Å². The van der Waals surface area contributed by atoms with Crippen LogP contribution < -0.4 is 0 Å². The third-order valence-electron chi connectivity index (χ3n) is 5.22. The molecule has 0 spiro atoms. The number of hydrogen-bond acceptors (Lipinski definition) is 3. The maximum absolute atomic E-state index is 11.2. The van der Waals surface area contributed by atoms with Gasteiger partial charge in [0.15, 0.2) is 0 Å². The number of ether oxygens (including phenoxy) is 1. The summed E-state index contributed by atoms with van der Waals surface area (Å²) < 4.78 is 5.41. The van der Waals surface area contributed by atoms with Crippen LogP contribution in [0.1, 0.15) is 52.9 Å². The zero-order valence-corrected chi connectivity index (χ0v) is 13.1. The lowest BCUT2D eigenvalue weighted by molar-refractivity contribution is -0.145. The summed E-state index contributed by atoms with van der Waals surface area (Å²) in [5, 5.41) is 9.15. The van der Waals surface area contributed by atoms with E-state index in [0.717, 1.165) is 37.7 Å². The minimum Gasteiger partial charge on any atom is -0.478 e. The molecule has 2 aliphatic carbocycles. The van der Waals surface area contributed by atoms with Crippen LogP contribution in [0.15, 0.2) is 23.3 Å². The van der Waals surface area contributed by atoms with Crippen molar-refractivity contribution in [1.82, 2.24) is 0 Å². The Morgan fingerprint density at radius 2 is 1.95 bits per heavy atom. The second-order valence-corrected chi connectivity index (χ2v) is 6.63. The van der Waals surface area contributed by atoms with Crippen molar-refractivity contribution in [3.8, 4) is 0 Å². The van der Waals surface area contributed by atoms with Gasteiger partial charge in [0.1, 0.15) is 6.10 Å². The molecule has 0 aromatic carbocycles. The molecule has 2 rings (SSSR count). The van der Waals surface area contributed by atoms with Crippen LogP contribution in [0, 0.1) is 11.3 Å². The van der Waals surface area contributed by atoms with Crippen molar-refractivity contribution in [2.75, 3.05) is 0 Å². The van der Waals surface area contributed by atoms with E-state index in [9.17, 15) is 9.59 Å². The largest absolute Gasteiger partial charge is 0.478 e. The lowest BCUT2D eigenvalue weighted by atomic mass is 9.60. The molecular weight excluding hydrogens is 268 g/mol. The molecule has 0 radical (unpaired) electrons. The molecule has 0 aliphatic heterocycles. The van der Waals surface area contributed by atoms with Crippen molar-refractivity contribution in [2.45, 2.75) is 59.0 Å². The summed E-state index contributed by atoms with van der Waals surface area (Å²) >= 11 is 0. The van der Waals surface area contributed by atoms with Gasteiger partial charge in [-0.15, -0.1) is 0 Å². The Kier molecular flexibility index (Phi) is 4.26. The highest BCUT2D eigenvalue weighted by molar-refractivity contribution is 5.86. The molecule has 3 atom stereocenters. The first-order valence-corrected chi connectivity index (χ1v) is 7.54. The van der Waals surface area contributed by atoms with Gasteiger partial charge in [0.25, 0.3) is 0 Å². The summed E-state index contributed by atoms with van der Waals surface area (Å²) in [4.78, 5) is 22.4. The molecule has 0 aromatic rings. The highest BCUT2D eigenvalue weighted by Gasteiger charge is 2.42. The lowest BCUT2D eigenvalue weighted by Crippen LogP contribution is -2.37. The van der Waals surface area contributed by atoms with Gasteiger partial charge in [-0.05, 0) is 55.9 Å². The Hall–Kier alpha value is -1.58. The standard InChI is InChI=1S/C17H24O4/c1-10(16(19)20)13-5-7-17(4)8-6-15(21-12(3)18)11(2)14(17)9-13/h13,15H,1,5-9H2,2-4H3,(H,19,20). The van der Waals surface area contributed by atoms with E-state index in [1.807, 2.05) is 6.92 Å². The summed E-state index contributed by atoms with van der Waals surface area (Å²) in [6.45, 7) is 9.42. The fourth-order valence-corrected chi connectivity index (χ4v) is 3.83. The van der Waals surface area contributed by atoms with Crippen molar-refractivity contribution >= 4 is 11.9 Å². The van der Waals surface area contributed by atoms with E-state index in [4.69, 9.17) is 9.84 Å². The first-order chi connectivity index (χ1) is 9.74. The number of fused-ring (bicyclic) bond motifs is 1. The van der Waals surface area contributed by atoms with Gasteiger partial charge in [-0.3, -0.25) is 4.79 Å². The van der Waals surface area contributed by atoms with Crippen LogP contribution in [0.25, 0.3) is 0 Å². The fourth-order valence-electron chi connectivity index (χ4n) is 3.83. The molecule has 4 heteroatoms. The van der Waals surface area contributed by atoms with Crippen LogP contribution in [0.4, 0.5) is 0 Å². The highest BCUT2D eigenvalue weighted by Crippen LogP contribution is 2.52. The number of allylic oxidation sites excluding steroid dienone is 1. The van der Waals surface area contributed by atoms with Crippen LogP contribution in [0.3, 0.4) is 0 Å². The van der Waals surface area contributed by atoms with Gasteiger partial charge in [-0.2, -0.15) is 0 Å². The monoisotopic (exact) mass is 292 g/mol. The van der Waals surface area contributed by atoms with E-state index in [2.05, 4.69) is 13.5 Å². The zero-order chi connectivity index (χ0) is 15.8. The molecular formula is C17H24O4. The summed E-state index contributed by atoms with van der Waals surface area (Å²) in [6, 6.07) is 0. The first-order valence-electron chi connectivity index (χ1n) is 7.54. The van der Waals surface area contributed by atoms with Crippen LogP contribution in [0.5, 0.6) is 0 Å². The Labute approximate surface area is 125 Å². The fraction of sp³-hybridized carbons (Fsp3) is 0.647. The maximum Gasteiger partial charge on any atom is 0.331 e. The summed E-state index contributed by atoms with van der Waals surface area (Å²) in [7, 11) is 0. The van der Waals surface area contributed by atoms with Crippen molar-refractivity contribution < 1.29 is 19.4 Å². The summed E-state index contributed by atoms with van der Waals surface area (Å²) in [5.41, 5.74) is 2.81. The van der Waals surface area contributed by atoms with E-state index < -0.39 is 5.97 Å². The summed E-state index contributed by atoms with van der Waals surface area (Å²) in [5.74, 6) is -1.17. The molecule has 0 bridgehead atoms. The Bertz CT molecular complexity index is 517. The van der Waals surface area contributed by atoms with E-state index in [1.165, 1.54) is 12.5 Å². The van der Waals surface area contributed by atoms with Gasteiger partial charge in [-0.25, -0.2) is 4.79 Å². The second kappa shape index (κ2) is 5.66. The zero-order valence-electron chi connectivity index (χ0n) is 13.1. The molecule has 4 nitrogen and oxygen atoms in total. The quantitative estimate of drug-likeness (QED) is 0.491. The number of esters is 1. The van der Waals surface area contributed by atoms with E-state index in [1.54, 1.807) is 0 Å². The summed E-state index contributed by atoms with van der Waals surface area (Å²) in [6.07, 6.45) is 4.27. The van der Waals surface area contributed by atoms with Crippen molar-refractivity contribution in [2.24, 2.45) is 11.3 Å². The van der Waals surface area contributed by atoms with Gasteiger partial charge in [-0.1, -0.05) is 19.1 Å². The minimum absolute atomic E-state index is 0.00315. The molecule has 0 heterocycles. The highest BCUT2D eigenvalue weighted by atomic mass is 16.5. The number of carbonyl (C=O) groups excluding carboxylic acids is 1. The predicted molar refractivity (Wildman–Crippen MR) is 79.7 cm³/mol. The average molecular weight is 292 g/mol. The molecule has 116 valence electrons. The van der Waals surface area contributed by atoms with Crippen molar-refractivity contribution in [1.29, 1.82) is 0 Å². The SMILES string of the molecule is C=C(C(=O)O)C1CCC2(C)CCC(OC(C)=O)C(C)=C2C1.